The Morgan fingerprint density at radius 2 is 2.04 bits per heavy atom. The topological polar surface area (TPSA) is 60.2 Å². The molecular weight excluding hydrogens is 328 g/mol. The van der Waals surface area contributed by atoms with Gasteiger partial charge in [-0.1, -0.05) is 18.2 Å². The molecule has 0 aliphatic carbocycles. The van der Waals surface area contributed by atoms with Gasteiger partial charge in [0.25, 0.3) is 5.91 Å². The van der Waals surface area contributed by atoms with Crippen molar-refractivity contribution in [2.45, 2.75) is 20.0 Å². The Bertz CT molecular complexity index is 959. The highest BCUT2D eigenvalue weighted by Gasteiger charge is 2.28. The molecule has 134 valence electrons. The summed E-state index contributed by atoms with van der Waals surface area (Å²) < 4.78 is 7.89. The summed E-state index contributed by atoms with van der Waals surface area (Å²) in [7, 11) is 1.97. The predicted octanol–water partition coefficient (Wildman–Crippen LogP) is 2.80. The summed E-state index contributed by atoms with van der Waals surface area (Å²) in [6.45, 7) is 5.40. The number of hydrogen-bond donors (Lipinski definition) is 0. The molecule has 4 rings (SSSR count). The van der Waals surface area contributed by atoms with E-state index in [9.17, 15) is 4.79 Å². The number of rotatable bonds is 2. The Hall–Kier alpha value is -2.73. The molecule has 0 radical (unpaired) electrons. The van der Waals surface area contributed by atoms with Gasteiger partial charge in [0.05, 0.1) is 24.4 Å². The molecule has 1 saturated heterocycles. The average Bonchev–Trinajstić information content (AvgIpc) is 2.98. The molecule has 1 aliphatic rings. The molecule has 0 saturated carbocycles. The third-order valence-corrected chi connectivity index (χ3v) is 4.80. The van der Waals surface area contributed by atoms with E-state index in [1.807, 2.05) is 66.9 Å². The summed E-state index contributed by atoms with van der Waals surface area (Å²) in [6.07, 6.45) is 1.69. The number of nitrogens with zero attached hydrogens (tertiary/aromatic N) is 4. The Kier molecular flexibility index (Phi) is 4.20. The van der Waals surface area contributed by atoms with Gasteiger partial charge in [-0.2, -0.15) is 0 Å². The molecule has 0 N–H and O–H groups in total. The quantitative estimate of drug-likeness (QED) is 0.713. The van der Waals surface area contributed by atoms with Crippen LogP contribution in [0.25, 0.3) is 10.9 Å². The summed E-state index contributed by atoms with van der Waals surface area (Å²) >= 11 is 0. The van der Waals surface area contributed by atoms with Crippen molar-refractivity contribution in [3.8, 4) is 0 Å². The molecule has 1 aromatic carbocycles. The number of hydrogen-bond acceptors (Lipinski definition) is 4. The van der Waals surface area contributed by atoms with Crippen molar-refractivity contribution >= 4 is 16.8 Å². The van der Waals surface area contributed by atoms with Gasteiger partial charge >= 0.3 is 0 Å². The van der Waals surface area contributed by atoms with Gasteiger partial charge in [0.1, 0.15) is 11.9 Å². The molecule has 0 bridgehead atoms. The molecule has 1 atom stereocenters. The molecule has 2 aromatic heterocycles. The second-order valence-electron chi connectivity index (χ2n) is 6.76. The van der Waals surface area contributed by atoms with Gasteiger partial charge < -0.3 is 14.2 Å². The maximum Gasteiger partial charge on any atom is 0.256 e. The van der Waals surface area contributed by atoms with Crippen LogP contribution in [-0.2, 0) is 11.8 Å². The van der Waals surface area contributed by atoms with Crippen molar-refractivity contribution in [2.24, 2.45) is 7.05 Å². The third-order valence-electron chi connectivity index (χ3n) is 4.80. The second kappa shape index (κ2) is 6.53. The first-order valence-electron chi connectivity index (χ1n) is 8.80. The van der Waals surface area contributed by atoms with Gasteiger partial charge in [-0.05, 0) is 26.0 Å². The molecule has 0 spiro atoms. The van der Waals surface area contributed by atoms with Gasteiger partial charge in [-0.15, -0.1) is 0 Å². The van der Waals surface area contributed by atoms with Crippen LogP contribution in [0, 0.1) is 13.8 Å². The number of aromatic nitrogens is 3. The fourth-order valence-electron chi connectivity index (χ4n) is 3.61. The zero-order chi connectivity index (χ0) is 18.3. The van der Waals surface area contributed by atoms with Crippen molar-refractivity contribution in [1.29, 1.82) is 0 Å². The van der Waals surface area contributed by atoms with E-state index in [0.717, 1.165) is 33.7 Å². The molecule has 6 nitrogen and oxygen atoms in total. The zero-order valence-electron chi connectivity index (χ0n) is 15.3. The molecule has 0 unspecified atom stereocenters. The van der Waals surface area contributed by atoms with Crippen LogP contribution in [0.3, 0.4) is 0 Å². The average molecular weight is 350 g/mol. The van der Waals surface area contributed by atoms with Crippen LogP contribution in [0.5, 0.6) is 0 Å². The highest BCUT2D eigenvalue weighted by Crippen LogP contribution is 2.26. The first-order valence-corrected chi connectivity index (χ1v) is 8.80. The summed E-state index contributed by atoms with van der Waals surface area (Å²) in [5, 5.41) is 0.983. The van der Waals surface area contributed by atoms with Crippen LogP contribution >= 0.6 is 0 Å². The van der Waals surface area contributed by atoms with E-state index in [-0.39, 0.29) is 12.0 Å². The SMILES string of the molecule is Cc1cc([C@@H]2CN(C(=O)c3cn(C)c4ccccc34)CCO2)nc(C)n1. The summed E-state index contributed by atoms with van der Waals surface area (Å²) in [5.74, 6) is 0.763. The first-order chi connectivity index (χ1) is 12.5. The summed E-state index contributed by atoms with van der Waals surface area (Å²) in [5.41, 5.74) is 3.54. The van der Waals surface area contributed by atoms with Gasteiger partial charge in [-0.3, -0.25) is 4.79 Å². The monoisotopic (exact) mass is 350 g/mol. The predicted molar refractivity (Wildman–Crippen MR) is 99.0 cm³/mol. The second-order valence-corrected chi connectivity index (χ2v) is 6.76. The number of carbonyl (C=O) groups excluding carboxylic acids is 1. The minimum absolute atomic E-state index is 0.0394. The number of morpholine rings is 1. The molecule has 1 fully saturated rings. The molecule has 26 heavy (non-hydrogen) atoms. The molecule has 1 aliphatic heterocycles. The van der Waals surface area contributed by atoms with Gasteiger partial charge in [0.2, 0.25) is 0 Å². The first kappa shape index (κ1) is 16.7. The van der Waals surface area contributed by atoms with Gasteiger partial charge in [0, 0.05) is 36.4 Å². The van der Waals surface area contributed by atoms with Crippen LogP contribution in [0.4, 0.5) is 0 Å². The van der Waals surface area contributed by atoms with E-state index in [1.165, 1.54) is 0 Å². The fraction of sp³-hybridized carbons (Fsp3) is 0.350. The number of amides is 1. The zero-order valence-corrected chi connectivity index (χ0v) is 15.3. The lowest BCUT2D eigenvalue weighted by molar-refractivity contribution is -0.0248. The Morgan fingerprint density at radius 3 is 2.85 bits per heavy atom. The molecule has 3 heterocycles. The fourth-order valence-corrected chi connectivity index (χ4v) is 3.61. The molecule has 3 aromatic rings. The van der Waals surface area contributed by atoms with Crippen LogP contribution in [0.2, 0.25) is 0 Å². The van der Waals surface area contributed by atoms with Crippen molar-refractivity contribution < 1.29 is 9.53 Å². The largest absolute Gasteiger partial charge is 0.368 e. The Morgan fingerprint density at radius 1 is 1.23 bits per heavy atom. The number of fused-ring (bicyclic) bond motifs is 1. The van der Waals surface area contributed by atoms with E-state index in [4.69, 9.17) is 4.74 Å². The van der Waals surface area contributed by atoms with E-state index in [1.54, 1.807) is 0 Å². The lowest BCUT2D eigenvalue weighted by Crippen LogP contribution is -2.42. The third kappa shape index (κ3) is 2.97. The maximum absolute atomic E-state index is 13.2. The molecule has 1 amide bonds. The molecule has 6 heteroatoms. The van der Waals surface area contributed by atoms with E-state index in [0.29, 0.717) is 19.7 Å². The van der Waals surface area contributed by atoms with E-state index in [2.05, 4.69) is 9.97 Å². The number of benzene rings is 1. The summed E-state index contributed by atoms with van der Waals surface area (Å²) in [4.78, 5) is 23.8. The van der Waals surface area contributed by atoms with E-state index >= 15 is 0 Å². The smallest absolute Gasteiger partial charge is 0.256 e. The number of aryl methyl sites for hydroxylation is 3. The lowest BCUT2D eigenvalue weighted by atomic mass is 10.1. The van der Waals surface area contributed by atoms with E-state index < -0.39 is 0 Å². The van der Waals surface area contributed by atoms with Crippen LogP contribution in [0.1, 0.15) is 33.7 Å². The highest BCUT2D eigenvalue weighted by molar-refractivity contribution is 6.07. The minimum Gasteiger partial charge on any atom is -0.368 e. The van der Waals surface area contributed by atoms with Crippen molar-refractivity contribution in [3.63, 3.8) is 0 Å². The molecular formula is C20H22N4O2. The minimum atomic E-state index is -0.219. The normalized spacial score (nSPS) is 17.7. The number of carbonyl (C=O) groups is 1. The van der Waals surface area contributed by atoms with Crippen molar-refractivity contribution in [2.75, 3.05) is 19.7 Å². The van der Waals surface area contributed by atoms with Crippen LogP contribution in [-0.4, -0.2) is 45.0 Å². The van der Waals surface area contributed by atoms with Gasteiger partial charge in [-0.25, -0.2) is 9.97 Å². The van der Waals surface area contributed by atoms with Crippen LogP contribution in [0.15, 0.2) is 36.5 Å². The number of ether oxygens (including phenoxy) is 1. The van der Waals surface area contributed by atoms with Crippen molar-refractivity contribution in [3.05, 3.63) is 59.3 Å². The maximum atomic E-state index is 13.2. The Balaban J connectivity index is 1.62. The Labute approximate surface area is 152 Å². The van der Waals surface area contributed by atoms with Gasteiger partial charge in [0.15, 0.2) is 0 Å². The van der Waals surface area contributed by atoms with Crippen molar-refractivity contribution in [1.82, 2.24) is 19.4 Å². The standard InChI is InChI=1S/C20H22N4O2/c1-13-10-17(22-14(2)21-13)19-12-24(8-9-26-19)20(25)16-11-23(3)18-7-5-4-6-15(16)18/h4-7,10-11,19H,8-9,12H2,1-3H3/t19-/m0/s1. The summed E-state index contributed by atoms with van der Waals surface area (Å²) in [6, 6.07) is 9.91. The number of para-hydroxylation sites is 1. The lowest BCUT2D eigenvalue weighted by Gasteiger charge is -2.32. The highest BCUT2D eigenvalue weighted by atomic mass is 16.5. The van der Waals surface area contributed by atoms with Crippen LogP contribution < -0.4 is 0 Å².